The second-order valence-corrected chi connectivity index (χ2v) is 5.15. The zero-order chi connectivity index (χ0) is 15.3. The maximum atomic E-state index is 11.8. The lowest BCUT2D eigenvalue weighted by Crippen LogP contribution is -2.19. The molecule has 0 saturated carbocycles. The molecule has 0 bridgehead atoms. The van der Waals surface area contributed by atoms with Crippen LogP contribution in [0.4, 0.5) is 5.82 Å². The Balaban J connectivity index is 3.02. The molecule has 0 spiro atoms. The topological polar surface area (TPSA) is 73.4 Å². The first-order valence-corrected chi connectivity index (χ1v) is 7.10. The number of hydrogen-bond donors (Lipinski definition) is 1. The highest BCUT2D eigenvalue weighted by Gasteiger charge is 2.23. The fraction of sp³-hybridized carbons (Fsp3) is 0.714. The van der Waals surface area contributed by atoms with Crippen molar-refractivity contribution in [2.24, 2.45) is 0 Å². The Labute approximate surface area is 120 Å². The van der Waals surface area contributed by atoms with E-state index in [0.29, 0.717) is 12.4 Å². The average Bonchev–Trinajstić information content (AvgIpc) is 2.73. The van der Waals surface area contributed by atoms with E-state index in [4.69, 9.17) is 10.5 Å². The number of rotatable bonds is 7. The number of ether oxygens (including phenoxy) is 1. The molecule has 0 aliphatic rings. The summed E-state index contributed by atoms with van der Waals surface area (Å²) in [7, 11) is 4.07. The molecule has 1 rings (SSSR count). The van der Waals surface area contributed by atoms with Crippen molar-refractivity contribution in [2.75, 3.05) is 33.0 Å². The molecule has 6 heteroatoms. The molecule has 1 aromatic rings. The van der Waals surface area contributed by atoms with Crippen molar-refractivity contribution in [1.82, 2.24) is 14.5 Å². The molecule has 0 fully saturated rings. The fourth-order valence-corrected chi connectivity index (χ4v) is 2.16. The number of carbonyl (C=O) groups is 1. The van der Waals surface area contributed by atoms with Crippen molar-refractivity contribution in [3.05, 3.63) is 11.5 Å². The van der Waals surface area contributed by atoms with E-state index >= 15 is 0 Å². The first-order chi connectivity index (χ1) is 9.42. The van der Waals surface area contributed by atoms with E-state index in [1.54, 1.807) is 6.92 Å². The molecule has 2 N–H and O–H groups in total. The molecule has 0 saturated heterocycles. The van der Waals surface area contributed by atoms with E-state index in [-0.39, 0.29) is 11.7 Å². The summed E-state index contributed by atoms with van der Waals surface area (Å²) in [4.78, 5) is 18.3. The highest BCUT2D eigenvalue weighted by atomic mass is 16.5. The van der Waals surface area contributed by atoms with Gasteiger partial charge in [-0.25, -0.2) is 9.78 Å². The van der Waals surface area contributed by atoms with Gasteiger partial charge in [0.1, 0.15) is 11.6 Å². The van der Waals surface area contributed by atoms with Gasteiger partial charge in [-0.15, -0.1) is 0 Å². The molecule has 1 aromatic heterocycles. The van der Waals surface area contributed by atoms with Crippen LogP contribution in [0.2, 0.25) is 0 Å². The molecule has 0 aliphatic carbocycles. The van der Waals surface area contributed by atoms with Crippen molar-refractivity contribution < 1.29 is 9.53 Å². The third-order valence-electron chi connectivity index (χ3n) is 3.24. The molecule has 20 heavy (non-hydrogen) atoms. The number of esters is 1. The van der Waals surface area contributed by atoms with Crippen LogP contribution in [0.5, 0.6) is 0 Å². The number of aryl methyl sites for hydroxylation is 1. The standard InChI is InChI=1S/C14H26N4O2/c1-6-11-16-12(14(19)20-7-2)13(15)18(11)10(3)8-9-17(4)5/h10H,6-9,15H2,1-5H3. The largest absolute Gasteiger partial charge is 0.461 e. The minimum Gasteiger partial charge on any atom is -0.461 e. The van der Waals surface area contributed by atoms with Crippen LogP contribution in [-0.2, 0) is 11.2 Å². The number of aromatic nitrogens is 2. The minimum absolute atomic E-state index is 0.197. The summed E-state index contributed by atoms with van der Waals surface area (Å²) in [6.45, 7) is 7.15. The molecule has 0 amide bonds. The first kappa shape index (κ1) is 16.5. The summed E-state index contributed by atoms with van der Waals surface area (Å²) >= 11 is 0. The van der Waals surface area contributed by atoms with Crippen LogP contribution in [0, 0.1) is 0 Å². The fourth-order valence-electron chi connectivity index (χ4n) is 2.16. The molecular weight excluding hydrogens is 256 g/mol. The van der Waals surface area contributed by atoms with Gasteiger partial charge in [0.15, 0.2) is 5.69 Å². The van der Waals surface area contributed by atoms with Gasteiger partial charge in [-0.1, -0.05) is 6.92 Å². The van der Waals surface area contributed by atoms with Crippen LogP contribution in [0.1, 0.15) is 49.5 Å². The van der Waals surface area contributed by atoms with Gasteiger partial charge in [-0.05, 0) is 40.9 Å². The molecular formula is C14H26N4O2. The molecule has 1 atom stereocenters. The Bertz CT molecular complexity index is 454. The van der Waals surface area contributed by atoms with E-state index in [9.17, 15) is 4.79 Å². The van der Waals surface area contributed by atoms with E-state index in [2.05, 4.69) is 16.8 Å². The average molecular weight is 282 g/mol. The maximum absolute atomic E-state index is 11.8. The zero-order valence-corrected chi connectivity index (χ0v) is 13.1. The molecule has 114 valence electrons. The monoisotopic (exact) mass is 282 g/mol. The van der Waals surface area contributed by atoms with E-state index < -0.39 is 5.97 Å². The molecule has 0 aromatic carbocycles. The number of imidazole rings is 1. The third-order valence-corrected chi connectivity index (χ3v) is 3.24. The summed E-state index contributed by atoms with van der Waals surface area (Å²) in [6, 6.07) is 0.197. The molecule has 0 aliphatic heterocycles. The highest BCUT2D eigenvalue weighted by Crippen LogP contribution is 2.23. The Morgan fingerprint density at radius 3 is 2.60 bits per heavy atom. The number of nitrogen functional groups attached to an aromatic ring is 1. The SMILES string of the molecule is CCOC(=O)c1nc(CC)n(C(C)CCN(C)C)c1N. The summed E-state index contributed by atoms with van der Waals surface area (Å²) in [5.41, 5.74) is 6.34. The zero-order valence-electron chi connectivity index (χ0n) is 13.1. The highest BCUT2D eigenvalue weighted by molar-refractivity contribution is 5.92. The van der Waals surface area contributed by atoms with Gasteiger partial charge in [0, 0.05) is 12.5 Å². The van der Waals surface area contributed by atoms with Gasteiger partial charge in [0.05, 0.1) is 6.61 Å². The van der Waals surface area contributed by atoms with Gasteiger partial charge >= 0.3 is 5.97 Å². The van der Waals surface area contributed by atoms with Gasteiger partial charge in [0.25, 0.3) is 0 Å². The van der Waals surface area contributed by atoms with E-state index in [1.807, 2.05) is 25.6 Å². The second kappa shape index (κ2) is 7.28. The smallest absolute Gasteiger partial charge is 0.360 e. The van der Waals surface area contributed by atoms with Crippen LogP contribution < -0.4 is 5.73 Å². The van der Waals surface area contributed by atoms with E-state index in [1.165, 1.54) is 0 Å². The summed E-state index contributed by atoms with van der Waals surface area (Å²) in [6.07, 6.45) is 1.68. The number of nitrogens with zero attached hydrogens (tertiary/aromatic N) is 3. The molecule has 0 radical (unpaired) electrons. The van der Waals surface area contributed by atoms with Gasteiger partial charge in [0.2, 0.25) is 0 Å². The van der Waals surface area contributed by atoms with Gasteiger partial charge in [-0.3, -0.25) is 0 Å². The predicted molar refractivity (Wildman–Crippen MR) is 79.9 cm³/mol. The molecule has 1 unspecified atom stereocenters. The number of carbonyl (C=O) groups excluding carboxylic acids is 1. The summed E-state index contributed by atoms with van der Waals surface area (Å²) in [5, 5.41) is 0. The Morgan fingerprint density at radius 1 is 1.45 bits per heavy atom. The quantitative estimate of drug-likeness (QED) is 0.771. The lowest BCUT2D eigenvalue weighted by molar-refractivity contribution is 0.0521. The van der Waals surface area contributed by atoms with Crippen LogP contribution in [0.25, 0.3) is 0 Å². The Hall–Kier alpha value is -1.56. The van der Waals surface area contributed by atoms with Crippen molar-refractivity contribution >= 4 is 11.8 Å². The molecule has 6 nitrogen and oxygen atoms in total. The maximum Gasteiger partial charge on any atom is 0.360 e. The van der Waals surface area contributed by atoms with Crippen LogP contribution in [0.3, 0.4) is 0 Å². The van der Waals surface area contributed by atoms with Crippen LogP contribution in [-0.4, -0.2) is 47.7 Å². The van der Waals surface area contributed by atoms with Crippen LogP contribution in [0.15, 0.2) is 0 Å². The summed E-state index contributed by atoms with van der Waals surface area (Å²) < 4.78 is 6.95. The van der Waals surface area contributed by atoms with Crippen LogP contribution >= 0.6 is 0 Å². The Kier molecular flexibility index (Phi) is 6.01. The lowest BCUT2D eigenvalue weighted by Gasteiger charge is -2.19. The number of nitrogens with two attached hydrogens (primary N) is 1. The summed E-state index contributed by atoms with van der Waals surface area (Å²) in [5.74, 6) is 0.793. The first-order valence-electron chi connectivity index (χ1n) is 7.10. The lowest BCUT2D eigenvalue weighted by atomic mass is 10.2. The van der Waals surface area contributed by atoms with Crippen molar-refractivity contribution in [2.45, 2.75) is 39.7 Å². The molecule has 1 heterocycles. The second-order valence-electron chi connectivity index (χ2n) is 5.15. The van der Waals surface area contributed by atoms with E-state index in [0.717, 1.165) is 25.2 Å². The normalized spacial score (nSPS) is 12.7. The number of anilines is 1. The number of hydrogen-bond acceptors (Lipinski definition) is 5. The predicted octanol–water partition coefficient (Wildman–Crippen LogP) is 1.72. The minimum atomic E-state index is -0.446. The van der Waals surface area contributed by atoms with Gasteiger partial charge < -0.3 is 19.9 Å². The van der Waals surface area contributed by atoms with Crippen molar-refractivity contribution in [3.8, 4) is 0 Å². The van der Waals surface area contributed by atoms with Crippen molar-refractivity contribution in [3.63, 3.8) is 0 Å². The van der Waals surface area contributed by atoms with Crippen molar-refractivity contribution in [1.29, 1.82) is 0 Å². The third kappa shape index (κ3) is 3.72. The Morgan fingerprint density at radius 2 is 2.10 bits per heavy atom. The van der Waals surface area contributed by atoms with Gasteiger partial charge in [-0.2, -0.15) is 0 Å².